The van der Waals surface area contributed by atoms with Crippen LogP contribution in [0.4, 0.5) is 0 Å². The summed E-state index contributed by atoms with van der Waals surface area (Å²) in [6, 6.07) is 45.9. The third-order valence-electron chi connectivity index (χ3n) is 10.7. The average molecular weight is 624 g/mol. The van der Waals surface area contributed by atoms with Crippen LogP contribution in [0, 0.1) is 5.92 Å². The molecule has 6 aromatic carbocycles. The van der Waals surface area contributed by atoms with Gasteiger partial charge in [0, 0.05) is 39.4 Å². The van der Waals surface area contributed by atoms with Crippen LogP contribution in [0.3, 0.4) is 0 Å². The van der Waals surface area contributed by atoms with Gasteiger partial charge in [-0.15, -0.1) is 0 Å². The predicted octanol–water partition coefficient (Wildman–Crippen LogP) is 11.6. The molecule has 11 rings (SSSR count). The monoisotopic (exact) mass is 623 g/mol. The first kappa shape index (κ1) is 26.7. The molecule has 228 valence electrons. The van der Waals surface area contributed by atoms with Crippen molar-refractivity contribution in [3.05, 3.63) is 169 Å². The molecule has 49 heavy (non-hydrogen) atoms. The standard InChI is InChI=1S/C46H29N3/c1-2-11-31-28(10-1)22-27-42-44(31)39-15-6-8-19-41(39)49(42)30-23-20-29(21-24-30)46-47-40-18-7-5-14-38(40)45(48-46)37-26-25-36-33-13-4-3-12-32(33)34-16-9-17-35(37)43(34)36/h1-28,31H. The molecule has 2 heterocycles. The van der Waals surface area contributed by atoms with E-state index in [1.807, 2.05) is 0 Å². The predicted molar refractivity (Wildman–Crippen MR) is 203 cm³/mol. The quantitative estimate of drug-likeness (QED) is 0.196. The minimum absolute atomic E-state index is 0.347. The molecule has 2 atom stereocenters. The Morgan fingerprint density at radius 2 is 1.20 bits per heavy atom. The number of aromatic nitrogens is 3. The van der Waals surface area contributed by atoms with E-state index < -0.39 is 0 Å². The molecule has 0 radical (unpaired) electrons. The first-order valence-corrected chi connectivity index (χ1v) is 17.0. The summed E-state index contributed by atoms with van der Waals surface area (Å²) in [6.07, 6.45) is 13.7. The molecule has 3 aliphatic carbocycles. The van der Waals surface area contributed by atoms with Crippen LogP contribution in [-0.2, 0) is 0 Å². The highest BCUT2D eigenvalue weighted by atomic mass is 15.0. The fraction of sp³-hybridized carbons (Fsp3) is 0.0435. The van der Waals surface area contributed by atoms with E-state index >= 15 is 0 Å². The number of fused-ring (bicyclic) bond motifs is 9. The summed E-state index contributed by atoms with van der Waals surface area (Å²) in [5, 5.41) is 4.90. The van der Waals surface area contributed by atoms with Crippen LogP contribution in [0.15, 0.2) is 158 Å². The zero-order chi connectivity index (χ0) is 32.1. The number of hydrogen-bond donors (Lipinski definition) is 0. The lowest BCUT2D eigenvalue weighted by molar-refractivity contribution is 0.693. The van der Waals surface area contributed by atoms with Gasteiger partial charge in [0.05, 0.1) is 22.4 Å². The topological polar surface area (TPSA) is 30.7 Å². The maximum atomic E-state index is 5.34. The Bertz CT molecular complexity index is 2750. The Kier molecular flexibility index (Phi) is 5.50. The summed E-state index contributed by atoms with van der Waals surface area (Å²) < 4.78 is 2.41. The van der Waals surface area contributed by atoms with Gasteiger partial charge in [0.2, 0.25) is 0 Å². The van der Waals surface area contributed by atoms with Gasteiger partial charge in [0.15, 0.2) is 5.82 Å². The van der Waals surface area contributed by atoms with Crippen LogP contribution >= 0.6 is 0 Å². The average Bonchev–Trinajstić information content (AvgIpc) is 3.69. The van der Waals surface area contributed by atoms with E-state index in [-0.39, 0.29) is 0 Å². The molecule has 0 bridgehead atoms. The lowest BCUT2D eigenvalue weighted by atomic mass is 9.78. The Morgan fingerprint density at radius 3 is 2.08 bits per heavy atom. The summed E-state index contributed by atoms with van der Waals surface area (Å²) in [7, 11) is 0. The second kappa shape index (κ2) is 10.1. The minimum Gasteiger partial charge on any atom is -0.310 e. The molecule has 0 saturated carbocycles. The van der Waals surface area contributed by atoms with Crippen molar-refractivity contribution >= 4 is 38.7 Å². The highest BCUT2D eigenvalue weighted by Crippen LogP contribution is 2.50. The Hall–Kier alpha value is -6.32. The van der Waals surface area contributed by atoms with E-state index in [1.54, 1.807) is 0 Å². The number of benzene rings is 6. The molecule has 3 nitrogen and oxygen atoms in total. The van der Waals surface area contributed by atoms with Gasteiger partial charge in [-0.25, -0.2) is 9.97 Å². The smallest absolute Gasteiger partial charge is 0.160 e. The van der Waals surface area contributed by atoms with Crippen molar-refractivity contribution in [1.29, 1.82) is 0 Å². The minimum atomic E-state index is 0.347. The van der Waals surface area contributed by atoms with E-state index in [9.17, 15) is 0 Å². The van der Waals surface area contributed by atoms with Gasteiger partial charge in [0.1, 0.15) is 0 Å². The maximum Gasteiger partial charge on any atom is 0.160 e. The Balaban J connectivity index is 1.06. The van der Waals surface area contributed by atoms with Crippen LogP contribution in [0.2, 0.25) is 0 Å². The number of nitrogens with zero attached hydrogens (tertiary/aromatic N) is 3. The highest BCUT2D eigenvalue weighted by molar-refractivity contribution is 6.19. The van der Waals surface area contributed by atoms with Gasteiger partial charge in [-0.2, -0.15) is 0 Å². The van der Waals surface area contributed by atoms with Crippen molar-refractivity contribution in [2.24, 2.45) is 5.92 Å². The van der Waals surface area contributed by atoms with E-state index in [0.29, 0.717) is 11.8 Å². The number of rotatable bonds is 3. The molecule has 0 saturated heterocycles. The van der Waals surface area contributed by atoms with E-state index in [4.69, 9.17) is 9.97 Å². The molecule has 0 spiro atoms. The van der Waals surface area contributed by atoms with Crippen molar-refractivity contribution in [3.63, 3.8) is 0 Å². The number of hydrogen-bond acceptors (Lipinski definition) is 2. The second-order valence-corrected chi connectivity index (χ2v) is 13.3. The number of para-hydroxylation sites is 2. The molecule has 0 amide bonds. The Labute approximate surface area is 283 Å². The van der Waals surface area contributed by atoms with Crippen molar-refractivity contribution in [2.75, 3.05) is 0 Å². The lowest BCUT2D eigenvalue weighted by Gasteiger charge is -2.26. The van der Waals surface area contributed by atoms with Gasteiger partial charge in [-0.3, -0.25) is 0 Å². The fourth-order valence-corrected chi connectivity index (χ4v) is 8.56. The van der Waals surface area contributed by atoms with Gasteiger partial charge in [0.25, 0.3) is 0 Å². The van der Waals surface area contributed by atoms with Gasteiger partial charge in [-0.05, 0) is 81.1 Å². The third-order valence-corrected chi connectivity index (χ3v) is 10.7. The molecule has 8 aromatic rings. The van der Waals surface area contributed by atoms with Crippen LogP contribution in [0.25, 0.3) is 89.2 Å². The zero-order valence-electron chi connectivity index (χ0n) is 26.6. The molecule has 0 fully saturated rings. The summed E-state index contributed by atoms with van der Waals surface area (Å²) in [4.78, 5) is 10.4. The van der Waals surface area contributed by atoms with Gasteiger partial charge < -0.3 is 4.57 Å². The van der Waals surface area contributed by atoms with Crippen LogP contribution in [0.1, 0.15) is 17.2 Å². The molecule has 3 heteroatoms. The first-order valence-electron chi connectivity index (χ1n) is 17.0. The van der Waals surface area contributed by atoms with E-state index in [0.717, 1.165) is 39.2 Å². The summed E-state index contributed by atoms with van der Waals surface area (Å²) >= 11 is 0. The van der Waals surface area contributed by atoms with E-state index in [2.05, 4.69) is 168 Å². The van der Waals surface area contributed by atoms with Crippen molar-refractivity contribution < 1.29 is 0 Å². The molecule has 3 aliphatic rings. The SMILES string of the molecule is C1=CC2C=Cc3c(c4ccccc4n3-c3ccc(-c4nc(-c5ccc6c7c(cccc57)-c5ccccc5-6)c5ccccc5n4)cc3)C2C=C1. The van der Waals surface area contributed by atoms with Crippen molar-refractivity contribution in [2.45, 2.75) is 5.92 Å². The maximum absolute atomic E-state index is 5.34. The number of allylic oxidation sites excluding steroid dienone is 5. The fourth-order valence-electron chi connectivity index (χ4n) is 8.56. The van der Waals surface area contributed by atoms with Gasteiger partial charge >= 0.3 is 0 Å². The molecule has 0 N–H and O–H groups in total. The van der Waals surface area contributed by atoms with Crippen LogP contribution in [0.5, 0.6) is 0 Å². The van der Waals surface area contributed by atoms with Crippen molar-refractivity contribution in [1.82, 2.24) is 14.5 Å². The normalized spacial score (nSPS) is 16.7. The van der Waals surface area contributed by atoms with Crippen LogP contribution < -0.4 is 0 Å². The Morgan fingerprint density at radius 1 is 0.510 bits per heavy atom. The second-order valence-electron chi connectivity index (χ2n) is 13.3. The molecule has 2 unspecified atom stereocenters. The zero-order valence-corrected chi connectivity index (χ0v) is 26.6. The largest absolute Gasteiger partial charge is 0.310 e. The van der Waals surface area contributed by atoms with Crippen molar-refractivity contribution in [3.8, 4) is 50.6 Å². The first-order chi connectivity index (χ1) is 24.3. The van der Waals surface area contributed by atoms with Gasteiger partial charge in [-0.1, -0.05) is 121 Å². The molecule has 0 aliphatic heterocycles. The van der Waals surface area contributed by atoms with Crippen LogP contribution in [-0.4, -0.2) is 14.5 Å². The lowest BCUT2D eigenvalue weighted by Crippen LogP contribution is -2.13. The third kappa shape index (κ3) is 3.78. The molecule has 2 aromatic heterocycles. The summed E-state index contributed by atoms with van der Waals surface area (Å²) in [5.74, 6) is 1.47. The summed E-state index contributed by atoms with van der Waals surface area (Å²) in [5.41, 5.74) is 14.2. The molecular weight excluding hydrogens is 595 g/mol. The highest BCUT2D eigenvalue weighted by Gasteiger charge is 2.30. The molecular formula is C46H29N3. The van der Waals surface area contributed by atoms with E-state index in [1.165, 1.54) is 55.2 Å². The summed E-state index contributed by atoms with van der Waals surface area (Å²) in [6.45, 7) is 0.